The van der Waals surface area contributed by atoms with Gasteiger partial charge in [-0.2, -0.15) is 16.9 Å². The molecule has 1 heterocycles. The summed E-state index contributed by atoms with van der Waals surface area (Å²) in [5.74, 6) is 2.45. The van der Waals surface area contributed by atoms with E-state index in [0.717, 1.165) is 47.7 Å². The first-order chi connectivity index (χ1) is 14.1. The fourth-order valence-electron chi connectivity index (χ4n) is 3.43. The van der Waals surface area contributed by atoms with E-state index >= 15 is 0 Å². The molecule has 154 valence electrons. The number of hydrazone groups is 1. The molecular weight excluding hydrogens is 402 g/mol. The molecule has 0 spiro atoms. The molecule has 1 unspecified atom stereocenters. The molecule has 0 aromatic heterocycles. The number of nitrogens with zero attached hydrogens (tertiary/aromatic N) is 2. The molecule has 3 rings (SSSR count). The summed E-state index contributed by atoms with van der Waals surface area (Å²) in [4.78, 5) is 12.8. The summed E-state index contributed by atoms with van der Waals surface area (Å²) in [6, 6.07) is 15.5. The van der Waals surface area contributed by atoms with Gasteiger partial charge in [0.25, 0.3) is 0 Å². The van der Waals surface area contributed by atoms with Gasteiger partial charge in [-0.25, -0.2) is 9.80 Å². The molecule has 1 N–H and O–H groups in total. The van der Waals surface area contributed by atoms with Crippen LogP contribution in [0.2, 0.25) is 5.02 Å². The molecule has 2 aromatic rings. The van der Waals surface area contributed by atoms with E-state index in [4.69, 9.17) is 11.6 Å². The van der Waals surface area contributed by atoms with Crippen LogP contribution in [0.5, 0.6) is 0 Å². The van der Waals surface area contributed by atoms with Crippen LogP contribution in [0.1, 0.15) is 37.8 Å². The summed E-state index contributed by atoms with van der Waals surface area (Å²) in [6.07, 6.45) is 3.07. The van der Waals surface area contributed by atoms with E-state index in [9.17, 15) is 4.79 Å². The Morgan fingerprint density at radius 3 is 2.66 bits per heavy atom. The van der Waals surface area contributed by atoms with Gasteiger partial charge < -0.3 is 5.32 Å². The van der Waals surface area contributed by atoms with Gasteiger partial charge in [-0.15, -0.1) is 0 Å². The van der Waals surface area contributed by atoms with Crippen molar-refractivity contribution in [3.8, 4) is 0 Å². The lowest BCUT2D eigenvalue weighted by atomic mass is 9.93. The predicted molar refractivity (Wildman–Crippen MR) is 125 cm³/mol. The fourth-order valence-corrected chi connectivity index (χ4v) is 4.33. The summed E-state index contributed by atoms with van der Waals surface area (Å²) >= 11 is 8.38. The van der Waals surface area contributed by atoms with Gasteiger partial charge in [0.05, 0.1) is 12.3 Å². The summed E-state index contributed by atoms with van der Waals surface area (Å²) in [7, 11) is 0. The minimum absolute atomic E-state index is 0.195. The van der Waals surface area contributed by atoms with Crippen LogP contribution >= 0.6 is 23.4 Å². The number of hydrogen-bond acceptors (Lipinski definition) is 3. The molecule has 2 amide bonds. The maximum absolute atomic E-state index is 12.8. The highest BCUT2D eigenvalue weighted by atomic mass is 35.5. The Labute approximate surface area is 182 Å². The zero-order chi connectivity index (χ0) is 20.6. The summed E-state index contributed by atoms with van der Waals surface area (Å²) in [5, 5.41) is 9.86. The third-order valence-corrected chi connectivity index (χ3v) is 6.37. The Kier molecular flexibility index (Phi) is 8.01. The maximum Gasteiger partial charge on any atom is 0.342 e. The van der Waals surface area contributed by atoms with Crippen LogP contribution in [0.3, 0.4) is 0 Å². The van der Waals surface area contributed by atoms with Crippen molar-refractivity contribution in [2.24, 2.45) is 11.0 Å². The molecule has 0 saturated heterocycles. The number of carbonyl (C=O) groups is 1. The van der Waals surface area contributed by atoms with Crippen molar-refractivity contribution >= 4 is 40.8 Å². The normalized spacial score (nSPS) is 16.0. The monoisotopic (exact) mass is 429 g/mol. The maximum atomic E-state index is 12.8. The second kappa shape index (κ2) is 10.7. The number of nitrogens with one attached hydrogen (secondary N) is 1. The number of carbonyl (C=O) groups excluding carboxylic acids is 1. The zero-order valence-electron chi connectivity index (χ0n) is 17.0. The van der Waals surface area contributed by atoms with E-state index in [2.05, 4.69) is 24.3 Å². The zero-order valence-corrected chi connectivity index (χ0v) is 18.6. The number of halogens is 1. The number of thioether (sulfide) groups is 1. The minimum atomic E-state index is -0.204. The highest BCUT2D eigenvalue weighted by Gasteiger charge is 2.31. The highest BCUT2D eigenvalue weighted by Crippen LogP contribution is 2.28. The number of anilines is 1. The molecule has 0 aliphatic carbocycles. The second-order valence-electron chi connectivity index (χ2n) is 7.06. The molecule has 0 radical (unpaired) electrons. The standard InChI is InChI=1S/C23H28ClN3OS/c1-3-17-11-13-19(14-12-17)25-23(28)27-16-18(8-7-15-29-4-2)22(26-27)20-9-5-6-10-21(20)24/h5-6,9-14,18H,3-4,7-8,15-16H2,1-2H3,(H,25,28). The van der Waals surface area contributed by atoms with Gasteiger partial charge in [0.2, 0.25) is 0 Å². The minimum Gasteiger partial charge on any atom is -0.306 e. The van der Waals surface area contributed by atoms with Crippen LogP contribution in [0.4, 0.5) is 10.5 Å². The lowest BCUT2D eigenvalue weighted by Gasteiger charge is -2.16. The van der Waals surface area contributed by atoms with Gasteiger partial charge in [0.1, 0.15) is 0 Å². The van der Waals surface area contributed by atoms with E-state index in [1.54, 1.807) is 5.01 Å². The highest BCUT2D eigenvalue weighted by molar-refractivity contribution is 7.99. The van der Waals surface area contributed by atoms with Crippen molar-refractivity contribution < 1.29 is 4.79 Å². The average Bonchev–Trinajstić information content (AvgIpc) is 3.16. The Morgan fingerprint density at radius 1 is 1.21 bits per heavy atom. The lowest BCUT2D eigenvalue weighted by Crippen LogP contribution is -2.30. The Bertz CT molecular complexity index is 853. The number of rotatable bonds is 8. The van der Waals surface area contributed by atoms with E-state index in [1.165, 1.54) is 5.56 Å². The Morgan fingerprint density at radius 2 is 1.97 bits per heavy atom. The predicted octanol–water partition coefficient (Wildman–Crippen LogP) is 6.30. The van der Waals surface area contributed by atoms with E-state index in [0.29, 0.717) is 11.6 Å². The smallest absolute Gasteiger partial charge is 0.306 e. The Balaban J connectivity index is 1.74. The van der Waals surface area contributed by atoms with Gasteiger partial charge in [-0.05, 0) is 54.5 Å². The third-order valence-electron chi connectivity index (χ3n) is 5.05. The molecule has 1 aliphatic heterocycles. The Hall–Kier alpha value is -1.98. The molecule has 0 fully saturated rings. The first-order valence-electron chi connectivity index (χ1n) is 10.2. The average molecular weight is 430 g/mol. The summed E-state index contributed by atoms with van der Waals surface area (Å²) in [5.41, 5.74) is 3.86. The van der Waals surface area contributed by atoms with Crippen LogP contribution in [0, 0.1) is 5.92 Å². The summed E-state index contributed by atoms with van der Waals surface area (Å²) < 4.78 is 0. The van der Waals surface area contributed by atoms with Gasteiger partial charge in [-0.3, -0.25) is 0 Å². The quantitative estimate of drug-likeness (QED) is 0.500. The largest absolute Gasteiger partial charge is 0.342 e. The second-order valence-corrected chi connectivity index (χ2v) is 8.86. The number of hydrogen-bond donors (Lipinski definition) is 1. The van der Waals surface area contributed by atoms with Gasteiger partial charge in [0, 0.05) is 22.2 Å². The van der Waals surface area contributed by atoms with Crippen molar-refractivity contribution in [2.45, 2.75) is 33.1 Å². The molecule has 1 aliphatic rings. The van der Waals surface area contributed by atoms with Gasteiger partial charge in [-0.1, -0.05) is 55.8 Å². The van der Waals surface area contributed by atoms with E-state index in [1.807, 2.05) is 60.3 Å². The van der Waals surface area contributed by atoms with E-state index in [-0.39, 0.29) is 11.9 Å². The summed E-state index contributed by atoms with van der Waals surface area (Å²) in [6.45, 7) is 4.87. The number of amides is 2. The van der Waals surface area contributed by atoms with E-state index < -0.39 is 0 Å². The van der Waals surface area contributed by atoms with Crippen molar-refractivity contribution in [3.05, 3.63) is 64.7 Å². The molecule has 0 bridgehead atoms. The molecule has 29 heavy (non-hydrogen) atoms. The van der Waals surface area contributed by atoms with Crippen molar-refractivity contribution in [2.75, 3.05) is 23.4 Å². The van der Waals surface area contributed by atoms with Crippen LogP contribution in [0.15, 0.2) is 53.6 Å². The molecular formula is C23H28ClN3OS. The molecule has 2 aromatic carbocycles. The van der Waals surface area contributed by atoms with Crippen LogP contribution < -0.4 is 5.32 Å². The first kappa shape index (κ1) is 21.7. The number of urea groups is 1. The van der Waals surface area contributed by atoms with Crippen LogP contribution in [-0.2, 0) is 6.42 Å². The van der Waals surface area contributed by atoms with Crippen molar-refractivity contribution in [1.82, 2.24) is 5.01 Å². The number of aryl methyl sites for hydroxylation is 1. The molecule has 6 heteroatoms. The van der Waals surface area contributed by atoms with Crippen molar-refractivity contribution in [1.29, 1.82) is 0 Å². The third kappa shape index (κ3) is 5.77. The van der Waals surface area contributed by atoms with Crippen molar-refractivity contribution in [3.63, 3.8) is 0 Å². The van der Waals surface area contributed by atoms with Crippen LogP contribution in [-0.4, -0.2) is 34.8 Å². The van der Waals surface area contributed by atoms with Gasteiger partial charge >= 0.3 is 6.03 Å². The first-order valence-corrected chi connectivity index (χ1v) is 11.7. The number of benzene rings is 2. The SMILES string of the molecule is CCSCCCC1CN(C(=O)Nc2ccc(CC)cc2)N=C1c1ccccc1Cl. The molecule has 1 atom stereocenters. The molecule has 0 saturated carbocycles. The van der Waals surface area contributed by atoms with Gasteiger partial charge in [0.15, 0.2) is 0 Å². The fraction of sp³-hybridized carbons (Fsp3) is 0.391. The molecule has 4 nitrogen and oxygen atoms in total. The lowest BCUT2D eigenvalue weighted by molar-refractivity contribution is 0.215. The van der Waals surface area contributed by atoms with Crippen LogP contribution in [0.25, 0.3) is 0 Å². The topological polar surface area (TPSA) is 44.7 Å².